The molecule has 0 amide bonds. The fourth-order valence-corrected chi connectivity index (χ4v) is 2.58. The van der Waals surface area contributed by atoms with E-state index in [1.807, 2.05) is 0 Å². The molecule has 1 aliphatic rings. The van der Waals surface area contributed by atoms with E-state index in [-0.39, 0.29) is 0 Å². The van der Waals surface area contributed by atoms with Crippen LogP contribution >= 0.6 is 0 Å². The van der Waals surface area contributed by atoms with E-state index >= 15 is 0 Å². The van der Waals surface area contributed by atoms with Crippen LogP contribution in [0.25, 0.3) is 0 Å². The highest BCUT2D eigenvalue weighted by Crippen LogP contribution is 2.35. The van der Waals surface area contributed by atoms with Gasteiger partial charge in [-0.1, -0.05) is 20.3 Å². The Morgan fingerprint density at radius 1 is 1.38 bits per heavy atom. The molecule has 1 aromatic rings. The zero-order valence-electron chi connectivity index (χ0n) is 9.78. The Kier molecular flexibility index (Phi) is 3.36. The summed E-state index contributed by atoms with van der Waals surface area (Å²) in [7, 11) is 0. The van der Waals surface area contributed by atoms with Crippen LogP contribution in [-0.4, -0.2) is 16.0 Å². The van der Waals surface area contributed by atoms with Gasteiger partial charge < -0.3 is 5.32 Å². The van der Waals surface area contributed by atoms with Crippen molar-refractivity contribution in [2.45, 2.75) is 39.2 Å². The van der Waals surface area contributed by atoms with E-state index in [2.05, 4.69) is 29.1 Å². The van der Waals surface area contributed by atoms with E-state index in [4.69, 9.17) is 0 Å². The average molecular weight is 223 g/mol. The molecule has 0 saturated heterocycles. The molecule has 0 spiro atoms. The van der Waals surface area contributed by atoms with Gasteiger partial charge in [0.25, 0.3) is 0 Å². The Balaban J connectivity index is 1.98. The number of nitrogens with zero attached hydrogens (tertiary/aromatic N) is 2. The van der Waals surface area contributed by atoms with Crippen molar-refractivity contribution in [2.24, 2.45) is 11.8 Å². The molecular formula is C12H18FN3. The molecule has 3 atom stereocenters. The van der Waals surface area contributed by atoms with Crippen molar-refractivity contribution in [1.82, 2.24) is 9.97 Å². The van der Waals surface area contributed by atoms with Crippen LogP contribution in [0.4, 0.5) is 10.3 Å². The molecule has 4 heteroatoms. The first-order valence-corrected chi connectivity index (χ1v) is 5.94. The maximum Gasteiger partial charge on any atom is 0.223 e. The van der Waals surface area contributed by atoms with Gasteiger partial charge in [0.05, 0.1) is 12.4 Å². The molecule has 1 aromatic heterocycles. The first kappa shape index (κ1) is 11.3. The standard InChI is InChI=1S/C12H18FN3/c1-3-9-4-5-11(8(9)2)16-12-14-6-10(13)7-15-12/h6-9,11H,3-5H2,1-2H3,(H,14,15,16). The molecule has 1 N–H and O–H groups in total. The van der Waals surface area contributed by atoms with Crippen LogP contribution in [0.1, 0.15) is 33.1 Å². The lowest BCUT2D eigenvalue weighted by Gasteiger charge is -2.20. The summed E-state index contributed by atoms with van der Waals surface area (Å²) in [6, 6.07) is 0.426. The minimum absolute atomic E-state index is 0.392. The van der Waals surface area contributed by atoms with E-state index in [1.165, 1.54) is 25.2 Å². The highest BCUT2D eigenvalue weighted by Gasteiger charge is 2.31. The zero-order chi connectivity index (χ0) is 11.5. The lowest BCUT2D eigenvalue weighted by Crippen LogP contribution is -2.25. The van der Waals surface area contributed by atoms with Crippen molar-refractivity contribution >= 4 is 5.95 Å². The van der Waals surface area contributed by atoms with E-state index in [9.17, 15) is 4.39 Å². The van der Waals surface area contributed by atoms with E-state index in [1.54, 1.807) is 0 Å². The van der Waals surface area contributed by atoms with Gasteiger partial charge in [-0.05, 0) is 24.7 Å². The minimum Gasteiger partial charge on any atom is -0.351 e. The number of anilines is 1. The Morgan fingerprint density at radius 3 is 2.62 bits per heavy atom. The Bertz CT molecular complexity index is 339. The molecule has 1 aliphatic carbocycles. The van der Waals surface area contributed by atoms with Gasteiger partial charge in [0, 0.05) is 6.04 Å². The number of aromatic nitrogens is 2. The van der Waals surface area contributed by atoms with Crippen LogP contribution in [0.15, 0.2) is 12.4 Å². The molecule has 0 aliphatic heterocycles. The smallest absolute Gasteiger partial charge is 0.223 e. The SMILES string of the molecule is CCC1CCC(Nc2ncc(F)cn2)C1C. The summed E-state index contributed by atoms with van der Waals surface area (Å²) in [5.41, 5.74) is 0. The topological polar surface area (TPSA) is 37.8 Å². The Hall–Kier alpha value is -1.19. The molecule has 2 rings (SSSR count). The van der Waals surface area contributed by atoms with Crippen molar-refractivity contribution in [1.29, 1.82) is 0 Å². The van der Waals surface area contributed by atoms with Crippen LogP contribution in [0.5, 0.6) is 0 Å². The second-order valence-corrected chi connectivity index (χ2v) is 4.58. The third kappa shape index (κ3) is 2.31. The predicted molar refractivity (Wildman–Crippen MR) is 61.6 cm³/mol. The zero-order valence-corrected chi connectivity index (χ0v) is 9.78. The number of hydrogen-bond acceptors (Lipinski definition) is 3. The van der Waals surface area contributed by atoms with Gasteiger partial charge in [0.2, 0.25) is 5.95 Å². The van der Waals surface area contributed by atoms with Crippen LogP contribution in [0.3, 0.4) is 0 Å². The number of nitrogens with one attached hydrogen (secondary N) is 1. The third-order valence-corrected chi connectivity index (χ3v) is 3.69. The molecular weight excluding hydrogens is 205 g/mol. The van der Waals surface area contributed by atoms with E-state index < -0.39 is 5.82 Å². The maximum absolute atomic E-state index is 12.6. The van der Waals surface area contributed by atoms with E-state index in [0.29, 0.717) is 17.9 Å². The lowest BCUT2D eigenvalue weighted by molar-refractivity contribution is 0.391. The summed E-state index contributed by atoms with van der Waals surface area (Å²) in [4.78, 5) is 7.86. The predicted octanol–water partition coefficient (Wildman–Crippen LogP) is 2.85. The van der Waals surface area contributed by atoms with Gasteiger partial charge in [0.1, 0.15) is 0 Å². The minimum atomic E-state index is -0.392. The third-order valence-electron chi connectivity index (χ3n) is 3.69. The van der Waals surface area contributed by atoms with Crippen LogP contribution in [0, 0.1) is 17.7 Å². The van der Waals surface area contributed by atoms with Gasteiger partial charge in [-0.2, -0.15) is 0 Å². The lowest BCUT2D eigenvalue weighted by atomic mass is 9.94. The Labute approximate surface area is 95.5 Å². The van der Waals surface area contributed by atoms with Gasteiger partial charge in [-0.3, -0.25) is 0 Å². The number of hydrogen-bond donors (Lipinski definition) is 1. The largest absolute Gasteiger partial charge is 0.351 e. The fraction of sp³-hybridized carbons (Fsp3) is 0.667. The molecule has 3 nitrogen and oxygen atoms in total. The molecule has 16 heavy (non-hydrogen) atoms. The van der Waals surface area contributed by atoms with Gasteiger partial charge in [-0.15, -0.1) is 0 Å². The Morgan fingerprint density at radius 2 is 2.06 bits per heavy atom. The van der Waals surface area contributed by atoms with Gasteiger partial charge >= 0.3 is 0 Å². The fourth-order valence-electron chi connectivity index (χ4n) is 2.58. The molecule has 88 valence electrons. The molecule has 0 radical (unpaired) electrons. The average Bonchev–Trinajstić information content (AvgIpc) is 2.63. The maximum atomic E-state index is 12.6. The van der Waals surface area contributed by atoms with E-state index in [0.717, 1.165) is 12.3 Å². The quantitative estimate of drug-likeness (QED) is 0.856. The summed E-state index contributed by atoms with van der Waals surface area (Å²) in [5.74, 6) is 1.57. The summed E-state index contributed by atoms with van der Waals surface area (Å²) in [6.07, 6.45) is 6.04. The summed E-state index contributed by atoms with van der Waals surface area (Å²) < 4.78 is 12.6. The molecule has 0 bridgehead atoms. The first-order chi connectivity index (χ1) is 7.70. The van der Waals surface area contributed by atoms with Gasteiger partial charge in [-0.25, -0.2) is 14.4 Å². The van der Waals surface area contributed by atoms with Crippen LogP contribution in [0.2, 0.25) is 0 Å². The van der Waals surface area contributed by atoms with Crippen molar-refractivity contribution in [2.75, 3.05) is 5.32 Å². The van der Waals surface area contributed by atoms with Crippen molar-refractivity contribution in [3.8, 4) is 0 Å². The van der Waals surface area contributed by atoms with Gasteiger partial charge in [0.15, 0.2) is 5.82 Å². The second-order valence-electron chi connectivity index (χ2n) is 4.58. The second kappa shape index (κ2) is 4.76. The van der Waals surface area contributed by atoms with Crippen molar-refractivity contribution < 1.29 is 4.39 Å². The first-order valence-electron chi connectivity index (χ1n) is 5.94. The molecule has 1 fully saturated rings. The van der Waals surface area contributed by atoms with Crippen LogP contribution in [-0.2, 0) is 0 Å². The summed E-state index contributed by atoms with van der Waals surface area (Å²) in [6.45, 7) is 4.50. The number of rotatable bonds is 3. The monoisotopic (exact) mass is 223 g/mol. The number of halogens is 1. The normalized spacial score (nSPS) is 29.3. The molecule has 1 saturated carbocycles. The molecule has 3 unspecified atom stereocenters. The van der Waals surface area contributed by atoms with Crippen molar-refractivity contribution in [3.05, 3.63) is 18.2 Å². The van der Waals surface area contributed by atoms with Crippen molar-refractivity contribution in [3.63, 3.8) is 0 Å². The summed E-state index contributed by atoms with van der Waals surface area (Å²) in [5, 5.41) is 3.29. The highest BCUT2D eigenvalue weighted by molar-refractivity contribution is 5.25. The summed E-state index contributed by atoms with van der Waals surface area (Å²) >= 11 is 0. The molecule has 1 heterocycles. The highest BCUT2D eigenvalue weighted by atomic mass is 19.1. The molecule has 0 aromatic carbocycles. The van der Waals surface area contributed by atoms with Crippen LogP contribution < -0.4 is 5.32 Å².